The minimum absolute atomic E-state index is 0.325. The second-order valence-corrected chi connectivity index (χ2v) is 8.17. The number of methoxy groups -OCH3 is 3. The lowest BCUT2D eigenvalue weighted by Crippen LogP contribution is -2.09. The van der Waals surface area contributed by atoms with Gasteiger partial charge in [-0.2, -0.15) is 0 Å². The van der Waals surface area contributed by atoms with Crippen molar-refractivity contribution in [1.82, 2.24) is 0 Å². The third-order valence-electron chi connectivity index (χ3n) is 3.89. The Morgan fingerprint density at radius 2 is 1.50 bits per heavy atom. The number of esters is 1. The molecule has 0 radical (unpaired) electrons. The summed E-state index contributed by atoms with van der Waals surface area (Å²) in [5.74, 6) is 3.61. The molecule has 0 aliphatic carbocycles. The summed E-state index contributed by atoms with van der Waals surface area (Å²) in [6, 6.07) is 10.8. The fraction of sp³-hybridized carbons (Fsp3) is 0.316. The van der Waals surface area contributed by atoms with Crippen LogP contribution in [-0.4, -0.2) is 38.8 Å². The Morgan fingerprint density at radius 1 is 0.923 bits per heavy atom. The van der Waals surface area contributed by atoms with Crippen molar-refractivity contribution in [3.63, 3.8) is 0 Å². The number of carbonyl (C=O) groups excluding carboxylic acids is 1. The first-order valence-electron chi connectivity index (χ1n) is 8.01. The predicted molar refractivity (Wildman–Crippen MR) is 105 cm³/mol. The lowest BCUT2D eigenvalue weighted by molar-refractivity contribution is 0.0734. The number of benzene rings is 2. The van der Waals surface area contributed by atoms with Gasteiger partial charge in [0.2, 0.25) is 5.75 Å². The van der Waals surface area contributed by atoms with E-state index in [0.29, 0.717) is 33.1 Å². The first-order valence-corrected chi connectivity index (χ1v) is 10.1. The van der Waals surface area contributed by atoms with Crippen LogP contribution in [0, 0.1) is 0 Å². The number of hydrogen-bond acceptors (Lipinski definition) is 7. The summed E-state index contributed by atoms with van der Waals surface area (Å²) in [6.07, 6.45) is 0. The molecule has 1 heterocycles. The fourth-order valence-corrected chi connectivity index (χ4v) is 5.47. The van der Waals surface area contributed by atoms with Crippen LogP contribution >= 0.6 is 23.5 Å². The van der Waals surface area contributed by atoms with Crippen LogP contribution in [0.5, 0.6) is 23.0 Å². The van der Waals surface area contributed by atoms with Crippen molar-refractivity contribution in [3.05, 3.63) is 47.5 Å². The van der Waals surface area contributed by atoms with Gasteiger partial charge in [0.25, 0.3) is 0 Å². The molecule has 0 N–H and O–H groups in total. The summed E-state index contributed by atoms with van der Waals surface area (Å²) in [5, 5.41) is 0. The Hall–Kier alpha value is -1.99. The first-order chi connectivity index (χ1) is 12.7. The van der Waals surface area contributed by atoms with Gasteiger partial charge in [-0.15, -0.1) is 23.5 Å². The molecular formula is C19H20O5S2. The highest BCUT2D eigenvalue weighted by atomic mass is 32.2. The highest BCUT2D eigenvalue weighted by Gasteiger charge is 2.20. The molecule has 1 fully saturated rings. The van der Waals surface area contributed by atoms with E-state index in [9.17, 15) is 4.79 Å². The maximum absolute atomic E-state index is 12.5. The van der Waals surface area contributed by atoms with E-state index in [2.05, 4.69) is 0 Å². The molecule has 3 rings (SSSR count). The molecule has 0 amide bonds. The van der Waals surface area contributed by atoms with Crippen LogP contribution in [0.25, 0.3) is 0 Å². The smallest absolute Gasteiger partial charge is 0.343 e. The third-order valence-corrected chi connectivity index (χ3v) is 6.99. The van der Waals surface area contributed by atoms with Crippen molar-refractivity contribution in [3.8, 4) is 23.0 Å². The lowest BCUT2D eigenvalue weighted by Gasteiger charge is -2.14. The average molecular weight is 392 g/mol. The number of ether oxygens (including phenoxy) is 4. The number of carbonyl (C=O) groups is 1. The van der Waals surface area contributed by atoms with Gasteiger partial charge in [0.15, 0.2) is 11.5 Å². The number of thioether (sulfide) groups is 2. The highest BCUT2D eigenvalue weighted by molar-refractivity contribution is 8.19. The zero-order valence-corrected chi connectivity index (χ0v) is 16.4. The van der Waals surface area contributed by atoms with Crippen molar-refractivity contribution >= 4 is 29.5 Å². The Balaban J connectivity index is 1.77. The van der Waals surface area contributed by atoms with Crippen LogP contribution in [0.1, 0.15) is 20.5 Å². The summed E-state index contributed by atoms with van der Waals surface area (Å²) in [4.78, 5) is 12.5. The molecule has 0 bridgehead atoms. The molecule has 0 unspecified atom stereocenters. The largest absolute Gasteiger partial charge is 0.493 e. The summed E-state index contributed by atoms with van der Waals surface area (Å²) >= 11 is 3.88. The van der Waals surface area contributed by atoms with Gasteiger partial charge >= 0.3 is 5.97 Å². The molecular weight excluding hydrogens is 372 g/mol. The van der Waals surface area contributed by atoms with Crippen molar-refractivity contribution in [2.45, 2.75) is 4.58 Å². The average Bonchev–Trinajstić information content (AvgIpc) is 3.22. The number of rotatable bonds is 6. The van der Waals surface area contributed by atoms with Gasteiger partial charge in [0, 0.05) is 11.5 Å². The topological polar surface area (TPSA) is 54.0 Å². The molecule has 0 atom stereocenters. The molecule has 5 nitrogen and oxygen atoms in total. The highest BCUT2D eigenvalue weighted by Crippen LogP contribution is 2.45. The van der Waals surface area contributed by atoms with Crippen molar-refractivity contribution in [2.24, 2.45) is 0 Å². The van der Waals surface area contributed by atoms with Gasteiger partial charge in [0.1, 0.15) is 5.75 Å². The molecule has 7 heteroatoms. The van der Waals surface area contributed by atoms with E-state index < -0.39 is 5.97 Å². The summed E-state index contributed by atoms with van der Waals surface area (Å²) in [7, 11) is 4.52. The van der Waals surface area contributed by atoms with E-state index in [0.717, 1.165) is 0 Å². The van der Waals surface area contributed by atoms with Crippen LogP contribution in [0.4, 0.5) is 0 Å². The molecule has 1 aliphatic heterocycles. The summed E-state index contributed by atoms with van der Waals surface area (Å²) in [6.45, 7) is 0. The SMILES string of the molecule is COc1cc(C(=O)Oc2ccc(C3SCCS3)cc2)cc(OC)c1OC. The van der Waals surface area contributed by atoms with Crippen LogP contribution in [0.3, 0.4) is 0 Å². The predicted octanol–water partition coefficient (Wildman–Crippen LogP) is 4.41. The van der Waals surface area contributed by atoms with Gasteiger partial charge in [-0.3, -0.25) is 0 Å². The molecule has 2 aromatic carbocycles. The molecule has 1 saturated heterocycles. The zero-order valence-electron chi connectivity index (χ0n) is 14.8. The Kier molecular flexibility index (Phi) is 6.21. The Morgan fingerprint density at radius 3 is 2.00 bits per heavy atom. The maximum atomic E-state index is 12.5. The minimum Gasteiger partial charge on any atom is -0.493 e. The van der Waals surface area contributed by atoms with Crippen LogP contribution in [0.15, 0.2) is 36.4 Å². The maximum Gasteiger partial charge on any atom is 0.343 e. The van der Waals surface area contributed by atoms with Gasteiger partial charge in [-0.25, -0.2) is 4.79 Å². The fourth-order valence-electron chi connectivity index (χ4n) is 2.61. The molecule has 1 aliphatic rings. The number of hydrogen-bond donors (Lipinski definition) is 0. The normalized spacial score (nSPS) is 14.1. The summed E-state index contributed by atoms with van der Waals surface area (Å²) < 4.78 is 21.8. The van der Waals surface area contributed by atoms with Gasteiger partial charge in [0.05, 0.1) is 31.5 Å². The summed E-state index contributed by atoms with van der Waals surface area (Å²) in [5.41, 5.74) is 1.57. The Bertz CT molecular complexity index is 745. The molecule has 26 heavy (non-hydrogen) atoms. The molecule has 0 aromatic heterocycles. The first kappa shape index (κ1) is 18.8. The van der Waals surface area contributed by atoms with E-state index >= 15 is 0 Å². The Labute approximate surface area is 161 Å². The van der Waals surface area contributed by atoms with E-state index in [1.165, 1.54) is 38.4 Å². The van der Waals surface area contributed by atoms with E-state index in [-0.39, 0.29) is 0 Å². The monoisotopic (exact) mass is 392 g/mol. The van der Waals surface area contributed by atoms with Gasteiger partial charge in [-0.05, 0) is 29.8 Å². The van der Waals surface area contributed by atoms with E-state index in [1.807, 2.05) is 47.8 Å². The minimum atomic E-state index is -0.485. The lowest BCUT2D eigenvalue weighted by atomic mass is 10.2. The standard InChI is InChI=1S/C19H20O5S2/c1-21-15-10-13(11-16(22-2)17(15)23-3)18(20)24-14-6-4-12(5-7-14)19-25-8-9-26-19/h4-7,10-11,19H,8-9H2,1-3H3. The van der Waals surface area contributed by atoms with Crippen LogP contribution in [0.2, 0.25) is 0 Å². The van der Waals surface area contributed by atoms with Crippen molar-refractivity contribution in [2.75, 3.05) is 32.8 Å². The molecule has 2 aromatic rings. The van der Waals surface area contributed by atoms with Gasteiger partial charge < -0.3 is 18.9 Å². The second-order valence-electron chi connectivity index (χ2n) is 5.45. The zero-order chi connectivity index (χ0) is 18.5. The quantitative estimate of drug-likeness (QED) is 0.533. The van der Waals surface area contributed by atoms with Crippen molar-refractivity contribution < 1.29 is 23.7 Å². The molecule has 0 spiro atoms. The van der Waals surface area contributed by atoms with Crippen LogP contribution in [-0.2, 0) is 0 Å². The van der Waals surface area contributed by atoms with E-state index in [1.54, 1.807) is 12.1 Å². The second kappa shape index (κ2) is 8.60. The molecule has 0 saturated carbocycles. The van der Waals surface area contributed by atoms with E-state index in [4.69, 9.17) is 18.9 Å². The van der Waals surface area contributed by atoms with Crippen molar-refractivity contribution in [1.29, 1.82) is 0 Å². The van der Waals surface area contributed by atoms with Crippen LogP contribution < -0.4 is 18.9 Å². The third kappa shape index (κ3) is 4.04. The van der Waals surface area contributed by atoms with Gasteiger partial charge in [-0.1, -0.05) is 12.1 Å². The molecule has 138 valence electrons.